The first-order chi connectivity index (χ1) is 8.51. The number of nitrogens with zero attached hydrogens (tertiary/aromatic N) is 2. The van der Waals surface area contributed by atoms with Crippen molar-refractivity contribution in [2.45, 2.75) is 52.0 Å². The van der Waals surface area contributed by atoms with Gasteiger partial charge in [-0.05, 0) is 46.7 Å². The Morgan fingerprint density at radius 3 is 2.16 bits per heavy atom. The van der Waals surface area contributed by atoms with Crippen molar-refractivity contribution >= 4 is 29.9 Å². The van der Waals surface area contributed by atoms with E-state index in [1.165, 1.54) is 38.8 Å². The van der Waals surface area contributed by atoms with Crippen LogP contribution in [0.15, 0.2) is 4.99 Å². The maximum Gasteiger partial charge on any atom is 0.191 e. The second kappa shape index (κ2) is 9.80. The summed E-state index contributed by atoms with van der Waals surface area (Å²) in [4.78, 5) is 6.81. The van der Waals surface area contributed by atoms with Gasteiger partial charge in [-0.15, -0.1) is 24.0 Å². The molecule has 0 aromatic carbocycles. The number of guanidine groups is 1. The number of nitrogens with one attached hydrogen (secondary N) is 2. The normalized spacial score (nSPS) is 18.4. The van der Waals surface area contributed by atoms with Crippen LogP contribution in [0.4, 0.5) is 0 Å². The predicted octanol–water partition coefficient (Wildman–Crippen LogP) is 2.44. The highest BCUT2D eigenvalue weighted by molar-refractivity contribution is 14.0. The number of hydrogen-bond acceptors (Lipinski definition) is 2. The first-order valence-corrected chi connectivity index (χ1v) is 7.22. The van der Waals surface area contributed by atoms with Crippen molar-refractivity contribution in [3.05, 3.63) is 0 Å². The van der Waals surface area contributed by atoms with Crippen LogP contribution < -0.4 is 10.6 Å². The van der Waals surface area contributed by atoms with Crippen molar-refractivity contribution in [2.75, 3.05) is 33.2 Å². The van der Waals surface area contributed by atoms with E-state index in [0.717, 1.165) is 19.0 Å². The summed E-state index contributed by atoms with van der Waals surface area (Å²) in [6.45, 7) is 11.0. The Hall–Kier alpha value is -0.0400. The quantitative estimate of drug-likeness (QED) is 0.448. The fourth-order valence-corrected chi connectivity index (χ4v) is 2.23. The fraction of sp³-hybridized carbons (Fsp3) is 0.929. The molecule has 0 spiro atoms. The molecule has 2 N–H and O–H groups in total. The fourth-order valence-electron chi connectivity index (χ4n) is 2.23. The van der Waals surface area contributed by atoms with Crippen molar-refractivity contribution in [1.82, 2.24) is 15.5 Å². The van der Waals surface area contributed by atoms with Crippen molar-refractivity contribution < 1.29 is 0 Å². The Kier molecular flexibility index (Phi) is 9.78. The van der Waals surface area contributed by atoms with E-state index in [4.69, 9.17) is 0 Å². The van der Waals surface area contributed by atoms with E-state index < -0.39 is 0 Å². The number of halogens is 1. The van der Waals surface area contributed by atoms with Crippen LogP contribution in [-0.4, -0.2) is 49.6 Å². The first-order valence-electron chi connectivity index (χ1n) is 7.22. The van der Waals surface area contributed by atoms with E-state index >= 15 is 0 Å². The molecule has 0 bridgehead atoms. The largest absolute Gasteiger partial charge is 0.355 e. The maximum absolute atomic E-state index is 4.25. The average molecular weight is 382 g/mol. The minimum absolute atomic E-state index is 0. The van der Waals surface area contributed by atoms with Gasteiger partial charge in [0.2, 0.25) is 0 Å². The van der Waals surface area contributed by atoms with Gasteiger partial charge in [0, 0.05) is 25.7 Å². The standard InChI is InChI=1S/C14H30N4.HI/c1-14(2,3)17-13(15-4)16-9-12-18-10-7-5-6-8-11-18;/h5-12H2,1-4H3,(H2,15,16,17);1H. The number of likely N-dealkylation sites (tertiary alicyclic amines) is 1. The minimum Gasteiger partial charge on any atom is -0.355 e. The molecule has 4 nitrogen and oxygen atoms in total. The Balaban J connectivity index is 0.00000324. The lowest BCUT2D eigenvalue weighted by Crippen LogP contribution is -2.49. The summed E-state index contributed by atoms with van der Waals surface area (Å²) in [5.74, 6) is 0.900. The van der Waals surface area contributed by atoms with Gasteiger partial charge in [0.1, 0.15) is 0 Å². The van der Waals surface area contributed by atoms with Gasteiger partial charge in [-0.2, -0.15) is 0 Å². The zero-order valence-electron chi connectivity index (χ0n) is 13.0. The van der Waals surface area contributed by atoms with Crippen molar-refractivity contribution in [1.29, 1.82) is 0 Å². The van der Waals surface area contributed by atoms with E-state index in [9.17, 15) is 0 Å². The second-order valence-electron chi connectivity index (χ2n) is 6.13. The Morgan fingerprint density at radius 1 is 1.11 bits per heavy atom. The van der Waals surface area contributed by atoms with E-state index in [-0.39, 0.29) is 29.5 Å². The zero-order chi connectivity index (χ0) is 13.4. The summed E-state index contributed by atoms with van der Waals surface area (Å²) in [6, 6.07) is 0. The van der Waals surface area contributed by atoms with Gasteiger partial charge in [0.25, 0.3) is 0 Å². The van der Waals surface area contributed by atoms with Crippen molar-refractivity contribution in [3.8, 4) is 0 Å². The zero-order valence-corrected chi connectivity index (χ0v) is 15.3. The molecule has 1 aliphatic rings. The maximum atomic E-state index is 4.25. The van der Waals surface area contributed by atoms with Crippen LogP contribution in [0.3, 0.4) is 0 Å². The minimum atomic E-state index is 0. The molecular formula is C14H31IN4. The van der Waals surface area contributed by atoms with Crippen LogP contribution in [-0.2, 0) is 0 Å². The Labute approximate surface area is 135 Å². The summed E-state index contributed by atoms with van der Waals surface area (Å²) in [7, 11) is 1.83. The number of hydrogen-bond donors (Lipinski definition) is 2. The SMILES string of the molecule is CN=C(NCCN1CCCCCC1)NC(C)(C)C.I. The molecule has 0 radical (unpaired) electrons. The molecule has 0 amide bonds. The summed E-state index contributed by atoms with van der Waals surface area (Å²) in [5.41, 5.74) is 0.0600. The highest BCUT2D eigenvalue weighted by Gasteiger charge is 2.12. The van der Waals surface area contributed by atoms with Crippen LogP contribution in [0, 0.1) is 0 Å². The monoisotopic (exact) mass is 382 g/mol. The Morgan fingerprint density at radius 2 is 1.68 bits per heavy atom. The molecule has 0 saturated carbocycles. The third kappa shape index (κ3) is 9.49. The lowest BCUT2D eigenvalue weighted by molar-refractivity contribution is 0.289. The van der Waals surface area contributed by atoms with Crippen LogP contribution in [0.2, 0.25) is 0 Å². The van der Waals surface area contributed by atoms with E-state index in [0.29, 0.717) is 0 Å². The van der Waals surface area contributed by atoms with Gasteiger partial charge in [-0.1, -0.05) is 12.8 Å². The van der Waals surface area contributed by atoms with Gasteiger partial charge < -0.3 is 15.5 Å². The van der Waals surface area contributed by atoms with E-state index in [2.05, 4.69) is 41.3 Å². The van der Waals surface area contributed by atoms with Gasteiger partial charge >= 0.3 is 0 Å². The van der Waals surface area contributed by atoms with E-state index in [1.807, 2.05) is 7.05 Å². The third-order valence-electron chi connectivity index (χ3n) is 3.14. The molecule has 1 rings (SSSR count). The summed E-state index contributed by atoms with van der Waals surface area (Å²) in [6.07, 6.45) is 5.51. The number of rotatable bonds is 3. The van der Waals surface area contributed by atoms with Gasteiger partial charge in [0.15, 0.2) is 5.96 Å². The predicted molar refractivity (Wildman–Crippen MR) is 94.6 cm³/mol. The van der Waals surface area contributed by atoms with Crippen LogP contribution >= 0.6 is 24.0 Å². The summed E-state index contributed by atoms with van der Waals surface area (Å²) < 4.78 is 0. The molecule has 0 atom stereocenters. The van der Waals surface area contributed by atoms with Gasteiger partial charge in [-0.3, -0.25) is 4.99 Å². The molecule has 114 valence electrons. The first kappa shape index (κ1) is 19.0. The number of aliphatic imine (C=N–C) groups is 1. The molecule has 5 heteroatoms. The molecule has 19 heavy (non-hydrogen) atoms. The lowest BCUT2D eigenvalue weighted by atomic mass is 10.1. The molecule has 1 saturated heterocycles. The molecule has 0 aliphatic carbocycles. The highest BCUT2D eigenvalue weighted by atomic mass is 127. The summed E-state index contributed by atoms with van der Waals surface area (Å²) >= 11 is 0. The third-order valence-corrected chi connectivity index (χ3v) is 3.14. The molecule has 0 aromatic heterocycles. The van der Waals surface area contributed by atoms with E-state index in [1.54, 1.807) is 0 Å². The molecule has 1 fully saturated rings. The molecule has 0 unspecified atom stereocenters. The second-order valence-corrected chi connectivity index (χ2v) is 6.13. The smallest absolute Gasteiger partial charge is 0.191 e. The Bertz CT molecular complexity index is 253. The highest BCUT2D eigenvalue weighted by Crippen LogP contribution is 2.08. The summed E-state index contributed by atoms with van der Waals surface area (Å²) in [5, 5.41) is 6.77. The molecular weight excluding hydrogens is 351 g/mol. The average Bonchev–Trinajstić information content (AvgIpc) is 2.54. The van der Waals surface area contributed by atoms with Crippen molar-refractivity contribution in [3.63, 3.8) is 0 Å². The van der Waals surface area contributed by atoms with Gasteiger partial charge in [0.05, 0.1) is 0 Å². The van der Waals surface area contributed by atoms with Gasteiger partial charge in [-0.25, -0.2) is 0 Å². The van der Waals surface area contributed by atoms with Crippen LogP contribution in [0.5, 0.6) is 0 Å². The van der Waals surface area contributed by atoms with Crippen molar-refractivity contribution in [2.24, 2.45) is 4.99 Å². The molecule has 0 aromatic rings. The topological polar surface area (TPSA) is 39.7 Å². The molecule has 1 heterocycles. The lowest BCUT2D eigenvalue weighted by Gasteiger charge is -2.25. The van der Waals surface area contributed by atoms with Crippen LogP contribution in [0.25, 0.3) is 0 Å². The van der Waals surface area contributed by atoms with Crippen LogP contribution in [0.1, 0.15) is 46.5 Å². The molecule has 1 aliphatic heterocycles.